The molecule has 0 aromatic carbocycles. The topological polar surface area (TPSA) is 6.48 Å². The summed E-state index contributed by atoms with van der Waals surface area (Å²) < 4.78 is 0. The van der Waals surface area contributed by atoms with Gasteiger partial charge in [-0.3, -0.25) is 0 Å². The van der Waals surface area contributed by atoms with Gasteiger partial charge in [0.15, 0.2) is 0 Å². The number of rotatable bonds is 23. The van der Waals surface area contributed by atoms with Gasteiger partial charge in [-0.05, 0) is 25.7 Å². The van der Waals surface area contributed by atoms with Gasteiger partial charge in [0.05, 0.1) is 0 Å². The molecule has 1 aliphatic heterocycles. The summed E-state index contributed by atoms with van der Waals surface area (Å²) in [6.07, 6.45) is 35.2. The molecular formula is C29H58N2. The molecule has 2 nitrogen and oxygen atoms in total. The largest absolute Gasteiger partial charge is 0.356 e. The van der Waals surface area contributed by atoms with E-state index >= 15 is 0 Å². The number of nitrogens with zero attached hydrogens (tertiary/aromatic N) is 2. The third-order valence-corrected chi connectivity index (χ3v) is 7.03. The van der Waals surface area contributed by atoms with Crippen LogP contribution in [0.4, 0.5) is 0 Å². The Morgan fingerprint density at radius 1 is 0.419 bits per heavy atom. The maximum atomic E-state index is 2.66. The first-order valence-corrected chi connectivity index (χ1v) is 14.5. The SMILES string of the molecule is CCCCCCCCCCCCCCN1C=CN(CCC)C1CCCCCCCCC. The molecule has 1 heterocycles. The van der Waals surface area contributed by atoms with E-state index in [1.807, 2.05) is 0 Å². The van der Waals surface area contributed by atoms with E-state index < -0.39 is 0 Å². The molecule has 0 aromatic heterocycles. The quantitative estimate of drug-likeness (QED) is 0.148. The average molecular weight is 435 g/mol. The summed E-state index contributed by atoms with van der Waals surface area (Å²) in [6, 6.07) is 0. The highest BCUT2D eigenvalue weighted by atomic mass is 15.4. The molecule has 31 heavy (non-hydrogen) atoms. The molecule has 0 aliphatic carbocycles. The van der Waals surface area contributed by atoms with Gasteiger partial charge in [0.1, 0.15) is 6.17 Å². The molecule has 0 saturated carbocycles. The van der Waals surface area contributed by atoms with Crippen molar-refractivity contribution in [1.82, 2.24) is 9.80 Å². The minimum atomic E-state index is 0.642. The van der Waals surface area contributed by atoms with Crippen LogP contribution in [0.1, 0.15) is 156 Å². The lowest BCUT2D eigenvalue weighted by atomic mass is 10.0. The minimum Gasteiger partial charge on any atom is -0.356 e. The predicted octanol–water partition coefficient (Wildman–Crippen LogP) is 9.65. The lowest BCUT2D eigenvalue weighted by molar-refractivity contribution is 0.137. The Hall–Kier alpha value is -0.660. The van der Waals surface area contributed by atoms with Crippen LogP contribution in [0, 0.1) is 0 Å². The number of hydrogen-bond acceptors (Lipinski definition) is 2. The van der Waals surface area contributed by atoms with Crippen LogP contribution in [-0.2, 0) is 0 Å². The summed E-state index contributed by atoms with van der Waals surface area (Å²) >= 11 is 0. The van der Waals surface area contributed by atoms with Crippen molar-refractivity contribution in [3.63, 3.8) is 0 Å². The van der Waals surface area contributed by atoms with E-state index in [9.17, 15) is 0 Å². The van der Waals surface area contributed by atoms with Crippen molar-refractivity contribution < 1.29 is 0 Å². The Morgan fingerprint density at radius 2 is 0.806 bits per heavy atom. The molecule has 0 radical (unpaired) electrons. The summed E-state index contributed by atoms with van der Waals surface area (Å²) in [5, 5.41) is 0. The van der Waals surface area contributed by atoms with Crippen molar-refractivity contribution in [1.29, 1.82) is 0 Å². The van der Waals surface area contributed by atoms with Crippen molar-refractivity contribution >= 4 is 0 Å². The molecular weight excluding hydrogens is 376 g/mol. The van der Waals surface area contributed by atoms with Crippen LogP contribution in [0.2, 0.25) is 0 Å². The third kappa shape index (κ3) is 14.9. The molecule has 0 N–H and O–H groups in total. The Balaban J connectivity index is 2.07. The Morgan fingerprint density at radius 3 is 1.26 bits per heavy atom. The zero-order chi connectivity index (χ0) is 22.4. The van der Waals surface area contributed by atoms with Gasteiger partial charge in [0, 0.05) is 25.5 Å². The van der Waals surface area contributed by atoms with Crippen molar-refractivity contribution in [2.75, 3.05) is 13.1 Å². The third-order valence-electron chi connectivity index (χ3n) is 7.03. The Labute approximate surface area is 197 Å². The second-order valence-electron chi connectivity index (χ2n) is 10.1. The van der Waals surface area contributed by atoms with Crippen LogP contribution in [-0.4, -0.2) is 29.1 Å². The van der Waals surface area contributed by atoms with Gasteiger partial charge in [-0.15, -0.1) is 0 Å². The van der Waals surface area contributed by atoms with E-state index in [2.05, 4.69) is 43.0 Å². The fraction of sp³-hybridized carbons (Fsp3) is 0.931. The van der Waals surface area contributed by atoms with Crippen LogP contribution >= 0.6 is 0 Å². The van der Waals surface area contributed by atoms with Gasteiger partial charge < -0.3 is 9.80 Å². The molecule has 2 heteroatoms. The highest BCUT2D eigenvalue weighted by Crippen LogP contribution is 2.23. The van der Waals surface area contributed by atoms with Gasteiger partial charge in [0.2, 0.25) is 0 Å². The molecule has 0 aromatic rings. The Bertz CT molecular complexity index is 392. The van der Waals surface area contributed by atoms with Gasteiger partial charge in [0.25, 0.3) is 0 Å². The van der Waals surface area contributed by atoms with Crippen molar-refractivity contribution in [3.05, 3.63) is 12.4 Å². The zero-order valence-corrected chi connectivity index (χ0v) is 21.9. The maximum absolute atomic E-state index is 2.66. The molecule has 1 atom stereocenters. The van der Waals surface area contributed by atoms with Crippen molar-refractivity contribution in [3.8, 4) is 0 Å². The highest BCUT2D eigenvalue weighted by molar-refractivity contribution is 4.96. The standard InChI is InChI=1S/C29H58N2/c1-4-7-9-11-13-14-15-16-17-19-21-23-26-31-28-27-30(25-6-3)29(31)24-22-20-18-12-10-8-5-2/h27-29H,4-26H2,1-3H3. The molecule has 0 amide bonds. The van der Waals surface area contributed by atoms with Crippen LogP contribution in [0.25, 0.3) is 0 Å². The second-order valence-corrected chi connectivity index (χ2v) is 10.1. The fourth-order valence-electron chi connectivity index (χ4n) is 5.02. The lowest BCUT2D eigenvalue weighted by Gasteiger charge is -2.33. The normalized spacial score (nSPS) is 16.0. The van der Waals surface area contributed by atoms with E-state index in [1.54, 1.807) is 0 Å². The average Bonchev–Trinajstić information content (AvgIpc) is 3.15. The van der Waals surface area contributed by atoms with Crippen LogP contribution in [0.15, 0.2) is 12.4 Å². The first-order chi connectivity index (χ1) is 15.3. The molecule has 0 spiro atoms. The summed E-state index contributed by atoms with van der Waals surface area (Å²) in [5.41, 5.74) is 0. The molecule has 0 saturated heterocycles. The highest BCUT2D eigenvalue weighted by Gasteiger charge is 2.24. The summed E-state index contributed by atoms with van der Waals surface area (Å²) in [4.78, 5) is 5.26. The maximum Gasteiger partial charge on any atom is 0.101 e. The van der Waals surface area contributed by atoms with E-state index in [1.165, 1.54) is 148 Å². The smallest absolute Gasteiger partial charge is 0.101 e. The first kappa shape index (κ1) is 28.4. The Kier molecular flexibility index (Phi) is 19.4. The van der Waals surface area contributed by atoms with Crippen LogP contribution < -0.4 is 0 Å². The molecule has 1 aliphatic rings. The van der Waals surface area contributed by atoms with E-state index in [-0.39, 0.29) is 0 Å². The predicted molar refractivity (Wildman–Crippen MR) is 140 cm³/mol. The monoisotopic (exact) mass is 434 g/mol. The minimum absolute atomic E-state index is 0.642. The van der Waals surface area contributed by atoms with Crippen LogP contribution in [0.5, 0.6) is 0 Å². The van der Waals surface area contributed by atoms with Crippen LogP contribution in [0.3, 0.4) is 0 Å². The summed E-state index contributed by atoms with van der Waals surface area (Å²) in [6.45, 7) is 9.40. The summed E-state index contributed by atoms with van der Waals surface area (Å²) in [7, 11) is 0. The lowest BCUT2D eigenvalue weighted by Crippen LogP contribution is -2.39. The van der Waals surface area contributed by atoms with Gasteiger partial charge in [-0.25, -0.2) is 0 Å². The summed E-state index contributed by atoms with van der Waals surface area (Å²) in [5.74, 6) is 0. The van der Waals surface area contributed by atoms with Gasteiger partial charge in [-0.2, -0.15) is 0 Å². The fourth-order valence-corrected chi connectivity index (χ4v) is 5.02. The first-order valence-electron chi connectivity index (χ1n) is 14.5. The van der Waals surface area contributed by atoms with E-state index in [0.717, 1.165) is 0 Å². The number of hydrogen-bond donors (Lipinski definition) is 0. The van der Waals surface area contributed by atoms with E-state index in [4.69, 9.17) is 0 Å². The van der Waals surface area contributed by atoms with Crippen molar-refractivity contribution in [2.24, 2.45) is 0 Å². The molecule has 0 fully saturated rings. The van der Waals surface area contributed by atoms with Gasteiger partial charge >= 0.3 is 0 Å². The molecule has 0 bridgehead atoms. The second kappa shape index (κ2) is 21.2. The van der Waals surface area contributed by atoms with Crippen molar-refractivity contribution in [2.45, 2.75) is 162 Å². The number of unbranched alkanes of at least 4 members (excludes halogenated alkanes) is 17. The van der Waals surface area contributed by atoms with E-state index in [0.29, 0.717) is 6.17 Å². The molecule has 1 unspecified atom stereocenters. The zero-order valence-electron chi connectivity index (χ0n) is 21.9. The van der Waals surface area contributed by atoms with Gasteiger partial charge in [-0.1, -0.05) is 130 Å². The molecule has 184 valence electrons. The molecule has 1 rings (SSSR count).